The first-order chi connectivity index (χ1) is 20.1. The standard InChI is InChI=1S/C35H44ClN3O4/c1-9-24-18-20-26(21-19-24)30(31(40)38-29-23(2)14-13-17-27(29)36)39(34(3,4)5)32(41)28(22-25-15-11-10-12-16-25)37-33(42)43-35(6,7)8/h10-21,28,30H,9,22H2,1-8H3,(H,37,42)(H,38,40). The highest BCUT2D eigenvalue weighted by atomic mass is 35.5. The maximum Gasteiger partial charge on any atom is 0.408 e. The van der Waals surface area contributed by atoms with Crippen LogP contribution in [0.1, 0.15) is 76.8 Å². The number of benzene rings is 3. The maximum absolute atomic E-state index is 14.7. The highest BCUT2D eigenvalue weighted by Crippen LogP contribution is 2.33. The minimum absolute atomic E-state index is 0.207. The van der Waals surface area contributed by atoms with Crippen LogP contribution in [0.25, 0.3) is 0 Å². The second-order valence-electron chi connectivity index (χ2n) is 12.7. The van der Waals surface area contributed by atoms with Gasteiger partial charge in [0, 0.05) is 12.0 Å². The molecule has 0 heterocycles. The van der Waals surface area contributed by atoms with Crippen LogP contribution in [0, 0.1) is 6.92 Å². The Morgan fingerprint density at radius 2 is 1.49 bits per heavy atom. The fraction of sp³-hybridized carbons (Fsp3) is 0.400. The molecule has 0 aromatic heterocycles. The number of amides is 3. The zero-order valence-electron chi connectivity index (χ0n) is 26.5. The molecule has 0 radical (unpaired) electrons. The molecule has 2 N–H and O–H groups in total. The third-order valence-corrected chi connectivity index (χ3v) is 7.23. The fourth-order valence-electron chi connectivity index (χ4n) is 4.85. The first kappa shape index (κ1) is 33.7. The predicted molar refractivity (Wildman–Crippen MR) is 173 cm³/mol. The van der Waals surface area contributed by atoms with Crippen LogP contribution >= 0.6 is 11.6 Å². The zero-order valence-corrected chi connectivity index (χ0v) is 27.2. The lowest BCUT2D eigenvalue weighted by atomic mass is 9.93. The molecule has 0 aliphatic rings. The van der Waals surface area contributed by atoms with Crippen molar-refractivity contribution in [3.8, 4) is 0 Å². The van der Waals surface area contributed by atoms with Crippen molar-refractivity contribution in [2.45, 2.75) is 91.5 Å². The molecular weight excluding hydrogens is 562 g/mol. The molecular formula is C35H44ClN3O4. The largest absolute Gasteiger partial charge is 0.444 e. The highest BCUT2D eigenvalue weighted by molar-refractivity contribution is 6.34. The summed E-state index contributed by atoms with van der Waals surface area (Å²) in [5, 5.41) is 6.20. The summed E-state index contributed by atoms with van der Waals surface area (Å²) in [6, 6.07) is 20.5. The predicted octanol–water partition coefficient (Wildman–Crippen LogP) is 7.65. The second-order valence-corrected chi connectivity index (χ2v) is 13.1. The van der Waals surface area contributed by atoms with E-state index in [9.17, 15) is 14.4 Å². The summed E-state index contributed by atoms with van der Waals surface area (Å²) in [5.74, 6) is -0.836. The van der Waals surface area contributed by atoms with Crippen LogP contribution in [0.2, 0.25) is 5.02 Å². The lowest BCUT2D eigenvalue weighted by Crippen LogP contribution is -2.58. The van der Waals surface area contributed by atoms with Gasteiger partial charge in [-0.05, 0) is 83.2 Å². The summed E-state index contributed by atoms with van der Waals surface area (Å²) >= 11 is 6.49. The summed E-state index contributed by atoms with van der Waals surface area (Å²) in [6.45, 7) is 14.8. The van der Waals surface area contributed by atoms with Gasteiger partial charge in [0.05, 0.1) is 10.7 Å². The molecule has 8 heteroatoms. The molecule has 0 saturated carbocycles. The smallest absolute Gasteiger partial charge is 0.408 e. The van der Waals surface area contributed by atoms with Crippen molar-refractivity contribution in [3.05, 3.63) is 100 Å². The van der Waals surface area contributed by atoms with E-state index in [-0.39, 0.29) is 6.42 Å². The van der Waals surface area contributed by atoms with E-state index in [0.29, 0.717) is 16.3 Å². The van der Waals surface area contributed by atoms with E-state index in [1.165, 1.54) is 0 Å². The van der Waals surface area contributed by atoms with Crippen molar-refractivity contribution < 1.29 is 19.1 Å². The molecule has 7 nitrogen and oxygen atoms in total. The number of aryl methyl sites for hydroxylation is 2. The normalized spacial score (nSPS) is 13.0. The molecule has 3 rings (SSSR count). The van der Waals surface area contributed by atoms with Gasteiger partial charge in [-0.1, -0.05) is 85.3 Å². The summed E-state index contributed by atoms with van der Waals surface area (Å²) in [5.41, 5.74) is 2.28. The van der Waals surface area contributed by atoms with Gasteiger partial charge in [0.25, 0.3) is 5.91 Å². The van der Waals surface area contributed by atoms with Crippen LogP contribution in [-0.2, 0) is 27.2 Å². The Morgan fingerprint density at radius 1 is 0.860 bits per heavy atom. The van der Waals surface area contributed by atoms with Crippen LogP contribution in [0.4, 0.5) is 10.5 Å². The van der Waals surface area contributed by atoms with E-state index >= 15 is 0 Å². The number of ether oxygens (including phenoxy) is 1. The van der Waals surface area contributed by atoms with Gasteiger partial charge in [0.1, 0.15) is 17.7 Å². The SMILES string of the molecule is CCc1ccc(C(C(=O)Nc2c(C)cccc2Cl)N(C(=O)C(Cc2ccccc2)NC(=O)OC(C)(C)C)C(C)(C)C)cc1. The molecule has 43 heavy (non-hydrogen) atoms. The Bertz CT molecular complexity index is 1390. The maximum atomic E-state index is 14.7. The third kappa shape index (κ3) is 9.32. The number of hydrogen-bond donors (Lipinski definition) is 2. The molecule has 3 aromatic rings. The Labute approximate surface area is 261 Å². The van der Waals surface area contributed by atoms with Crippen molar-refractivity contribution in [2.75, 3.05) is 5.32 Å². The van der Waals surface area contributed by atoms with Gasteiger partial charge in [0.2, 0.25) is 5.91 Å². The number of rotatable bonds is 9. The van der Waals surface area contributed by atoms with Gasteiger partial charge in [0.15, 0.2) is 0 Å². The number of halogens is 1. The van der Waals surface area contributed by atoms with E-state index in [0.717, 1.165) is 23.1 Å². The fourth-order valence-corrected chi connectivity index (χ4v) is 5.12. The molecule has 2 unspecified atom stereocenters. The number of para-hydroxylation sites is 1. The van der Waals surface area contributed by atoms with Crippen LogP contribution in [0.5, 0.6) is 0 Å². The van der Waals surface area contributed by atoms with E-state index in [1.54, 1.807) is 31.7 Å². The molecule has 0 bridgehead atoms. The highest BCUT2D eigenvalue weighted by Gasteiger charge is 2.42. The number of alkyl carbamates (subject to hydrolysis) is 1. The van der Waals surface area contributed by atoms with Crippen molar-refractivity contribution in [3.63, 3.8) is 0 Å². The Hall–Kier alpha value is -3.84. The first-order valence-electron chi connectivity index (χ1n) is 14.6. The van der Waals surface area contributed by atoms with Gasteiger partial charge in [-0.3, -0.25) is 9.59 Å². The number of carbonyl (C=O) groups is 3. The summed E-state index contributed by atoms with van der Waals surface area (Å²) in [4.78, 5) is 43.5. The Balaban J connectivity index is 2.13. The number of carbonyl (C=O) groups excluding carboxylic acids is 3. The van der Waals surface area contributed by atoms with E-state index in [4.69, 9.17) is 16.3 Å². The lowest BCUT2D eigenvalue weighted by Gasteiger charge is -2.43. The molecule has 230 valence electrons. The first-order valence-corrected chi connectivity index (χ1v) is 15.0. The number of nitrogens with one attached hydrogen (secondary N) is 2. The average molecular weight is 606 g/mol. The number of hydrogen-bond acceptors (Lipinski definition) is 4. The molecule has 3 amide bonds. The lowest BCUT2D eigenvalue weighted by molar-refractivity contribution is -0.146. The van der Waals surface area contributed by atoms with Gasteiger partial charge in [-0.15, -0.1) is 0 Å². The van der Waals surface area contributed by atoms with Crippen molar-refractivity contribution in [1.29, 1.82) is 0 Å². The topological polar surface area (TPSA) is 87.7 Å². The summed E-state index contributed by atoms with van der Waals surface area (Å²) in [7, 11) is 0. The molecule has 0 spiro atoms. The quantitative estimate of drug-likeness (QED) is 0.262. The van der Waals surface area contributed by atoms with E-state index in [1.807, 2.05) is 94.4 Å². The molecule has 0 fully saturated rings. The zero-order chi connectivity index (χ0) is 31.9. The van der Waals surface area contributed by atoms with Gasteiger partial charge >= 0.3 is 6.09 Å². The van der Waals surface area contributed by atoms with Crippen LogP contribution < -0.4 is 10.6 Å². The van der Waals surface area contributed by atoms with E-state index in [2.05, 4.69) is 17.6 Å². The molecule has 0 aliphatic heterocycles. The number of nitrogens with zero attached hydrogens (tertiary/aromatic N) is 1. The second kappa shape index (κ2) is 14.1. The molecule has 0 aliphatic carbocycles. The summed E-state index contributed by atoms with van der Waals surface area (Å²) < 4.78 is 5.53. The minimum atomic E-state index is -1.03. The van der Waals surface area contributed by atoms with Gasteiger partial charge < -0.3 is 20.3 Å². The van der Waals surface area contributed by atoms with Gasteiger partial charge in [-0.2, -0.15) is 0 Å². The van der Waals surface area contributed by atoms with Crippen molar-refractivity contribution >= 4 is 35.2 Å². The molecule has 3 aromatic carbocycles. The van der Waals surface area contributed by atoms with Crippen molar-refractivity contribution in [2.24, 2.45) is 0 Å². The van der Waals surface area contributed by atoms with Gasteiger partial charge in [-0.25, -0.2) is 4.79 Å². The molecule has 0 saturated heterocycles. The van der Waals surface area contributed by atoms with E-state index < -0.39 is 41.1 Å². The summed E-state index contributed by atoms with van der Waals surface area (Å²) in [6.07, 6.45) is 0.324. The van der Waals surface area contributed by atoms with Crippen LogP contribution in [0.15, 0.2) is 72.8 Å². The third-order valence-electron chi connectivity index (χ3n) is 6.91. The van der Waals surface area contributed by atoms with Crippen molar-refractivity contribution in [1.82, 2.24) is 10.2 Å². The van der Waals surface area contributed by atoms with Crippen LogP contribution in [-0.4, -0.2) is 40.0 Å². The number of anilines is 1. The average Bonchev–Trinajstić information content (AvgIpc) is 2.92. The minimum Gasteiger partial charge on any atom is -0.444 e. The van der Waals surface area contributed by atoms with Crippen LogP contribution in [0.3, 0.4) is 0 Å². The Morgan fingerprint density at radius 3 is 2.02 bits per heavy atom. The molecule has 2 atom stereocenters. The monoisotopic (exact) mass is 605 g/mol. The Kier molecular flexibility index (Phi) is 11.0.